The van der Waals surface area contributed by atoms with Gasteiger partial charge >= 0.3 is 0 Å². The molecule has 0 aliphatic carbocycles. The van der Waals surface area contributed by atoms with Gasteiger partial charge in [0, 0.05) is 11.6 Å². The molecule has 4 heteroatoms. The minimum atomic E-state index is -0.398. The van der Waals surface area contributed by atoms with Crippen molar-refractivity contribution in [2.75, 3.05) is 14.2 Å². The third kappa shape index (κ3) is 3.38. The second-order valence-electron chi connectivity index (χ2n) is 4.15. The van der Waals surface area contributed by atoms with E-state index >= 15 is 0 Å². The lowest BCUT2D eigenvalue weighted by molar-refractivity contribution is 0.391. The molecule has 0 bridgehead atoms. The predicted molar refractivity (Wildman–Crippen MR) is 70.8 cm³/mol. The van der Waals surface area contributed by atoms with Crippen molar-refractivity contribution < 1.29 is 9.47 Å². The van der Waals surface area contributed by atoms with Crippen molar-refractivity contribution in [3.63, 3.8) is 0 Å². The van der Waals surface area contributed by atoms with Gasteiger partial charge in [0.05, 0.1) is 20.3 Å². The lowest BCUT2D eigenvalue weighted by Crippen LogP contribution is -2.29. The first-order chi connectivity index (χ1) is 8.65. The van der Waals surface area contributed by atoms with Gasteiger partial charge in [-0.05, 0) is 31.5 Å². The summed E-state index contributed by atoms with van der Waals surface area (Å²) in [5, 5.41) is 12.6. The minimum absolute atomic E-state index is 0.269. The quantitative estimate of drug-likeness (QED) is 0.841. The molecule has 98 valence electrons. The molecule has 0 spiro atoms. The predicted octanol–water partition coefficient (Wildman–Crippen LogP) is 2.66. The van der Waals surface area contributed by atoms with Gasteiger partial charge in [-0.3, -0.25) is 5.32 Å². The second-order valence-corrected chi connectivity index (χ2v) is 4.15. The highest BCUT2D eigenvalue weighted by Crippen LogP contribution is 2.29. The first-order valence-electron chi connectivity index (χ1n) is 6.03. The van der Waals surface area contributed by atoms with E-state index in [4.69, 9.17) is 9.47 Å². The number of hydrogen-bond acceptors (Lipinski definition) is 4. The van der Waals surface area contributed by atoms with E-state index in [0.29, 0.717) is 5.75 Å². The summed E-state index contributed by atoms with van der Waals surface area (Å²) in [6.07, 6.45) is 0.963. The zero-order chi connectivity index (χ0) is 13.5. The zero-order valence-corrected chi connectivity index (χ0v) is 11.4. The Balaban J connectivity index is 3.06. The average Bonchev–Trinajstić information content (AvgIpc) is 2.43. The number of rotatable bonds is 6. The molecule has 2 atom stereocenters. The molecule has 0 aromatic heterocycles. The maximum atomic E-state index is 9.30. The maximum Gasteiger partial charge on any atom is 0.125 e. The lowest BCUT2D eigenvalue weighted by Gasteiger charge is -2.19. The molecule has 0 saturated carbocycles. The van der Waals surface area contributed by atoms with Crippen LogP contribution in [0.3, 0.4) is 0 Å². The molecule has 0 aliphatic rings. The van der Waals surface area contributed by atoms with Gasteiger partial charge in [0.2, 0.25) is 0 Å². The van der Waals surface area contributed by atoms with Crippen LogP contribution in [0.1, 0.15) is 31.9 Å². The Morgan fingerprint density at radius 2 is 2.06 bits per heavy atom. The van der Waals surface area contributed by atoms with E-state index in [1.807, 2.05) is 18.2 Å². The summed E-state index contributed by atoms with van der Waals surface area (Å²) in [4.78, 5) is 0. The van der Waals surface area contributed by atoms with Gasteiger partial charge in [-0.15, -0.1) is 0 Å². The number of nitrogens with one attached hydrogen (secondary N) is 1. The standard InChI is InChI=1S/C14H20N2O2/c1-5-10(2)16-13(9-15)12-8-11(17-3)6-7-14(12)18-4/h6-8,10,13,16H,5H2,1-4H3. The number of nitriles is 1. The average molecular weight is 248 g/mol. The summed E-state index contributed by atoms with van der Waals surface area (Å²) < 4.78 is 10.5. The number of nitrogens with zero attached hydrogens (tertiary/aromatic N) is 1. The van der Waals surface area contributed by atoms with Crippen LogP contribution in [-0.2, 0) is 0 Å². The number of methoxy groups -OCH3 is 2. The highest BCUT2D eigenvalue weighted by molar-refractivity contribution is 5.44. The van der Waals surface area contributed by atoms with Crippen LogP contribution in [0.15, 0.2) is 18.2 Å². The van der Waals surface area contributed by atoms with Gasteiger partial charge < -0.3 is 9.47 Å². The molecule has 1 aromatic carbocycles. The summed E-state index contributed by atoms with van der Waals surface area (Å²) in [7, 11) is 3.21. The van der Waals surface area contributed by atoms with Gasteiger partial charge in [0.15, 0.2) is 0 Å². The van der Waals surface area contributed by atoms with Crippen LogP contribution in [0.2, 0.25) is 0 Å². The van der Waals surface area contributed by atoms with E-state index in [0.717, 1.165) is 17.7 Å². The number of ether oxygens (including phenoxy) is 2. The van der Waals surface area contributed by atoms with E-state index in [1.54, 1.807) is 14.2 Å². The molecule has 4 nitrogen and oxygen atoms in total. The van der Waals surface area contributed by atoms with Crippen molar-refractivity contribution >= 4 is 0 Å². The highest BCUT2D eigenvalue weighted by atomic mass is 16.5. The SMILES string of the molecule is CCC(C)NC(C#N)c1cc(OC)ccc1OC. The maximum absolute atomic E-state index is 9.30. The fraction of sp³-hybridized carbons (Fsp3) is 0.500. The van der Waals surface area contributed by atoms with E-state index in [2.05, 4.69) is 25.2 Å². The first-order valence-corrected chi connectivity index (χ1v) is 6.03. The van der Waals surface area contributed by atoms with Crippen molar-refractivity contribution in [2.45, 2.75) is 32.4 Å². The Morgan fingerprint density at radius 3 is 2.56 bits per heavy atom. The Hall–Kier alpha value is -1.73. The summed E-state index contributed by atoms with van der Waals surface area (Å²) >= 11 is 0. The van der Waals surface area contributed by atoms with Gasteiger partial charge in [-0.1, -0.05) is 6.92 Å². The van der Waals surface area contributed by atoms with Gasteiger partial charge in [0.1, 0.15) is 17.5 Å². The van der Waals surface area contributed by atoms with E-state index < -0.39 is 6.04 Å². The van der Waals surface area contributed by atoms with Crippen LogP contribution in [0.5, 0.6) is 11.5 Å². The highest BCUT2D eigenvalue weighted by Gasteiger charge is 2.18. The normalized spacial score (nSPS) is 13.5. The van der Waals surface area contributed by atoms with Crippen molar-refractivity contribution in [1.29, 1.82) is 5.26 Å². The molecule has 1 N–H and O–H groups in total. The molecule has 1 rings (SSSR count). The molecule has 2 unspecified atom stereocenters. The molecule has 0 heterocycles. The van der Waals surface area contributed by atoms with Crippen molar-refractivity contribution in [2.24, 2.45) is 0 Å². The van der Waals surface area contributed by atoms with Crippen LogP contribution in [0, 0.1) is 11.3 Å². The van der Waals surface area contributed by atoms with Crippen LogP contribution < -0.4 is 14.8 Å². The summed E-state index contributed by atoms with van der Waals surface area (Å²) in [6, 6.07) is 7.60. The fourth-order valence-electron chi connectivity index (χ4n) is 1.66. The topological polar surface area (TPSA) is 54.3 Å². The molecule has 0 saturated heterocycles. The molecule has 18 heavy (non-hydrogen) atoms. The Morgan fingerprint density at radius 1 is 1.33 bits per heavy atom. The smallest absolute Gasteiger partial charge is 0.125 e. The summed E-state index contributed by atoms with van der Waals surface area (Å²) in [5.74, 6) is 1.41. The Bertz CT molecular complexity index is 426. The monoisotopic (exact) mass is 248 g/mol. The number of benzene rings is 1. The van der Waals surface area contributed by atoms with E-state index in [9.17, 15) is 5.26 Å². The first kappa shape index (κ1) is 14.3. The van der Waals surface area contributed by atoms with Gasteiger partial charge in [-0.25, -0.2) is 0 Å². The van der Waals surface area contributed by atoms with Crippen LogP contribution in [0.4, 0.5) is 0 Å². The Labute approximate surface area is 109 Å². The second kappa shape index (κ2) is 6.87. The third-order valence-electron chi connectivity index (χ3n) is 2.94. The summed E-state index contributed by atoms with van der Waals surface area (Å²) in [5.41, 5.74) is 0.805. The van der Waals surface area contributed by atoms with Crippen LogP contribution >= 0.6 is 0 Å². The van der Waals surface area contributed by atoms with Gasteiger partial charge in [-0.2, -0.15) is 5.26 Å². The summed E-state index contributed by atoms with van der Waals surface area (Å²) in [6.45, 7) is 4.13. The Kier molecular flexibility index (Phi) is 5.47. The number of hydrogen-bond donors (Lipinski definition) is 1. The van der Waals surface area contributed by atoms with Crippen molar-refractivity contribution in [3.05, 3.63) is 23.8 Å². The molecule has 0 aliphatic heterocycles. The fourth-order valence-corrected chi connectivity index (χ4v) is 1.66. The minimum Gasteiger partial charge on any atom is -0.497 e. The van der Waals surface area contributed by atoms with Gasteiger partial charge in [0.25, 0.3) is 0 Å². The molecule has 0 radical (unpaired) electrons. The largest absolute Gasteiger partial charge is 0.497 e. The molecular formula is C14H20N2O2. The van der Waals surface area contributed by atoms with E-state index in [1.165, 1.54) is 0 Å². The zero-order valence-electron chi connectivity index (χ0n) is 11.4. The molecule has 1 aromatic rings. The van der Waals surface area contributed by atoms with Crippen molar-refractivity contribution in [3.8, 4) is 17.6 Å². The molecule has 0 amide bonds. The van der Waals surface area contributed by atoms with E-state index in [-0.39, 0.29) is 6.04 Å². The van der Waals surface area contributed by atoms with Crippen LogP contribution in [-0.4, -0.2) is 20.3 Å². The van der Waals surface area contributed by atoms with Crippen LogP contribution in [0.25, 0.3) is 0 Å². The molecule has 0 fully saturated rings. The van der Waals surface area contributed by atoms with Crippen molar-refractivity contribution in [1.82, 2.24) is 5.32 Å². The lowest BCUT2D eigenvalue weighted by atomic mass is 10.0. The molecular weight excluding hydrogens is 228 g/mol. The third-order valence-corrected chi connectivity index (χ3v) is 2.94.